The van der Waals surface area contributed by atoms with Crippen molar-refractivity contribution in [1.82, 2.24) is 128 Å². The van der Waals surface area contributed by atoms with Crippen molar-refractivity contribution in [1.29, 1.82) is 0 Å². The fourth-order valence-electron chi connectivity index (χ4n) is 10.1. The van der Waals surface area contributed by atoms with Crippen LogP contribution in [0.4, 0.5) is 69.3 Å². The predicted octanol–water partition coefficient (Wildman–Crippen LogP) is 5.96. The van der Waals surface area contributed by atoms with Crippen LogP contribution >= 0.6 is 0 Å². The van der Waals surface area contributed by atoms with Gasteiger partial charge < -0.3 is 42.6 Å². The van der Waals surface area contributed by atoms with Crippen LogP contribution in [0, 0.1) is 27.7 Å². The lowest BCUT2D eigenvalue weighted by atomic mass is 10.2. The van der Waals surface area contributed by atoms with Gasteiger partial charge in [-0.15, -0.1) is 40.9 Å². The molecule has 0 atom stereocenters. The van der Waals surface area contributed by atoms with E-state index in [-0.39, 0.29) is 127 Å². The molecule has 0 saturated heterocycles. The number of Topliss-reactive ketones (excluding diaryl/α,β-unsaturated/α-hetero) is 2. The fraction of sp³-hybridized carbons (Fsp3) is 0.129. The number of nitrogens with two attached hydrogens (primary N) is 4. The lowest BCUT2D eigenvalue weighted by Crippen LogP contribution is -2.09. The molecule has 0 aromatic carbocycles. The highest BCUT2D eigenvalue weighted by Gasteiger charge is 2.28. The maximum atomic E-state index is 12.5. The van der Waals surface area contributed by atoms with E-state index in [0.29, 0.717) is 34.4 Å². The van der Waals surface area contributed by atoms with Crippen LogP contribution in [0.2, 0.25) is 0 Å². The van der Waals surface area contributed by atoms with Crippen molar-refractivity contribution in [3.8, 4) is 46.8 Å². The van der Waals surface area contributed by atoms with Crippen molar-refractivity contribution in [2.45, 2.75) is 27.7 Å². The number of aliphatic hydroxyl groups excluding tert-OH is 2. The summed E-state index contributed by atoms with van der Waals surface area (Å²) in [6.07, 6.45) is 16.7. The van der Waals surface area contributed by atoms with Crippen LogP contribution in [-0.4, -0.2) is 189 Å². The highest BCUT2D eigenvalue weighted by molar-refractivity contribution is 6.01. The minimum absolute atomic E-state index is 0.00419. The SMILES string of the molecule is COC(=O)c1cnn(-c2ccccn2)c1N=Nc1c(C)nn(-c2cc(-n3nc(C)c(N=Nc4c(C(=O)CO)cnn4-c4ccccn4)c3N)ncn2)c1N.COC(=O)c1cnn(-c2ncccn2)c1N=Nc1c(C)nn(-c2cc(-n3nc(C)c(N=Nc4c(C(=O)CO)cnn4-c4ncccn4)c3N)ncn2)c1N. The van der Waals surface area contributed by atoms with Gasteiger partial charge in [0.25, 0.3) is 11.9 Å². The Morgan fingerprint density at radius 3 is 0.954 bits per heavy atom. The lowest BCUT2D eigenvalue weighted by Gasteiger charge is -2.07. The second kappa shape index (κ2) is 30.4. The molecule has 10 N–H and O–H groups in total. The van der Waals surface area contributed by atoms with Gasteiger partial charge in [0.2, 0.25) is 0 Å². The van der Waals surface area contributed by atoms with Crippen LogP contribution in [0.15, 0.2) is 176 Å². The van der Waals surface area contributed by atoms with E-state index in [0.717, 1.165) is 0 Å². The number of hydrogen-bond donors (Lipinski definition) is 6. The van der Waals surface area contributed by atoms with Crippen LogP contribution in [0.3, 0.4) is 0 Å². The smallest absolute Gasteiger partial charge is 0.343 e. The number of methoxy groups -OCH3 is 2. The normalized spacial score (nSPS) is 11.6. The molecule has 0 bridgehead atoms. The topological polar surface area (TPSA) is 602 Å². The van der Waals surface area contributed by atoms with Gasteiger partial charge in [-0.3, -0.25) is 9.59 Å². The molecule has 14 aromatic rings. The number of nitrogen functional groups attached to an aromatic ring is 4. The van der Waals surface area contributed by atoms with Crippen LogP contribution in [-0.2, 0) is 9.47 Å². The summed E-state index contributed by atoms with van der Waals surface area (Å²) in [6.45, 7) is 5.10. The molecule has 0 radical (unpaired) electrons. The van der Waals surface area contributed by atoms with E-state index in [1.807, 2.05) is 0 Å². The third-order valence-corrected chi connectivity index (χ3v) is 15.3. The molecule has 0 amide bonds. The molecule has 0 aliphatic carbocycles. The van der Waals surface area contributed by atoms with Crippen molar-refractivity contribution in [2.24, 2.45) is 40.9 Å². The Morgan fingerprint density at radius 2 is 0.648 bits per heavy atom. The number of ketones is 2. The average molecular weight is 1460 g/mol. The summed E-state index contributed by atoms with van der Waals surface area (Å²) >= 11 is 0. The van der Waals surface area contributed by atoms with Crippen molar-refractivity contribution < 1.29 is 38.9 Å². The van der Waals surface area contributed by atoms with E-state index in [4.69, 9.17) is 32.4 Å². The fourth-order valence-corrected chi connectivity index (χ4v) is 10.1. The van der Waals surface area contributed by atoms with E-state index in [1.165, 1.54) is 126 Å². The first-order valence-electron chi connectivity index (χ1n) is 31.3. The molecule has 0 unspecified atom stereocenters. The zero-order valence-corrected chi connectivity index (χ0v) is 57.0. The number of aryl methyl sites for hydroxylation is 4. The second-order valence-electron chi connectivity index (χ2n) is 22.0. The Labute approximate surface area is 603 Å². The van der Waals surface area contributed by atoms with E-state index >= 15 is 0 Å². The molecule has 14 rings (SSSR count). The van der Waals surface area contributed by atoms with Crippen LogP contribution in [0.5, 0.6) is 0 Å². The third-order valence-electron chi connectivity index (χ3n) is 15.3. The van der Waals surface area contributed by atoms with Gasteiger partial charge in [-0.1, -0.05) is 12.1 Å². The monoisotopic (exact) mass is 1460 g/mol. The molecule has 0 spiro atoms. The number of rotatable bonds is 22. The molecule has 14 aromatic heterocycles. The molecule has 540 valence electrons. The Bertz CT molecular complexity index is 5150. The number of ether oxygens (including phenoxy) is 2. The Kier molecular flexibility index (Phi) is 19.8. The summed E-state index contributed by atoms with van der Waals surface area (Å²) in [5, 5.41) is 88.1. The number of carbonyl (C=O) groups is 4. The minimum Gasteiger partial charge on any atom is -0.465 e. The van der Waals surface area contributed by atoms with Crippen molar-refractivity contribution in [3.63, 3.8) is 0 Å². The molecular formula is C62H54N38O8. The van der Waals surface area contributed by atoms with Gasteiger partial charge in [-0.25, -0.2) is 59.4 Å². The summed E-state index contributed by atoms with van der Waals surface area (Å²) < 4.78 is 20.1. The van der Waals surface area contributed by atoms with Gasteiger partial charge in [0.05, 0.1) is 72.9 Å². The van der Waals surface area contributed by atoms with Gasteiger partial charge in [-0.2, -0.15) is 78.2 Å². The summed E-state index contributed by atoms with van der Waals surface area (Å²) in [4.78, 5) is 92.4. The van der Waals surface area contributed by atoms with E-state index in [2.05, 4.69) is 132 Å². The summed E-state index contributed by atoms with van der Waals surface area (Å²) in [5.41, 5.74) is 28.3. The van der Waals surface area contributed by atoms with Crippen molar-refractivity contribution in [3.05, 3.63) is 180 Å². The van der Waals surface area contributed by atoms with Gasteiger partial charge in [0.15, 0.2) is 116 Å². The molecule has 108 heavy (non-hydrogen) atoms. The number of aliphatic hydroxyl groups is 2. The number of azo groups is 4. The second-order valence-corrected chi connectivity index (χ2v) is 22.0. The number of carbonyl (C=O) groups excluding carboxylic acids is 4. The number of aromatic nitrogens is 26. The van der Waals surface area contributed by atoms with Crippen LogP contribution in [0.25, 0.3) is 46.8 Å². The summed E-state index contributed by atoms with van der Waals surface area (Å²) in [6, 6.07) is 16.6. The number of anilines is 4. The van der Waals surface area contributed by atoms with Crippen molar-refractivity contribution >= 4 is 92.8 Å². The zero-order valence-electron chi connectivity index (χ0n) is 57.0. The number of esters is 2. The molecule has 0 saturated carbocycles. The number of nitrogens with zero attached hydrogens (tertiary/aromatic N) is 34. The first-order valence-corrected chi connectivity index (χ1v) is 31.3. The van der Waals surface area contributed by atoms with Crippen LogP contribution in [0.1, 0.15) is 64.2 Å². The molecule has 46 heteroatoms. The maximum absolute atomic E-state index is 12.5. The molecular weight excluding hydrogens is 1400 g/mol. The van der Waals surface area contributed by atoms with E-state index in [1.54, 1.807) is 88.6 Å². The van der Waals surface area contributed by atoms with Crippen molar-refractivity contribution in [2.75, 3.05) is 50.4 Å². The standard InChI is InChI=1S/C32H28N18O4.C30H26N20O4/c1-17-26(41-43-30-19(21(52)15-51)13-39-49(30)22-8-4-6-10-35-22)28(33)47(45-17)24-12-25(38-16-37-24)48-29(34)27(18(2)46-48)42-44-31-20(32(53)54-3)14-40-50(31)23-9-5-7-11-36-23;1-15-22(41-43-26-17(19(52)13-51)11-39-49(26)29-33-6-4-7-34-29)24(31)47(45-15)20-10-21(38-14-37-20)48-25(32)23(16(2)46-48)42-44-27-18(28(53)54-3)12-40-50(27)30-35-8-5-9-36-30/h4-14,16,51H,15,33-34H2,1-3H3;4-12,14,51H,13,31-32H2,1-3H3. The number of hydrogen-bond acceptors (Lipinski definition) is 38. The minimum atomic E-state index is -0.782. The summed E-state index contributed by atoms with van der Waals surface area (Å²) in [7, 11) is 2.47. The zero-order chi connectivity index (χ0) is 75.9. The Balaban J connectivity index is 0.000000190. The van der Waals surface area contributed by atoms with Gasteiger partial charge in [-0.05, 0) is 64.1 Å². The quantitative estimate of drug-likeness (QED) is 0.0259. The molecule has 0 aliphatic heterocycles. The first-order chi connectivity index (χ1) is 52.4. The van der Waals surface area contributed by atoms with Gasteiger partial charge in [0, 0.05) is 49.3 Å². The number of pyridine rings is 2. The highest BCUT2D eigenvalue weighted by Crippen LogP contribution is 2.38. The lowest BCUT2D eigenvalue weighted by molar-refractivity contribution is 0.0592. The highest BCUT2D eigenvalue weighted by atomic mass is 16.5. The molecule has 0 aliphatic rings. The maximum Gasteiger partial charge on any atom is 0.343 e. The summed E-state index contributed by atoms with van der Waals surface area (Å²) in [5.74, 6) is -0.426. The largest absolute Gasteiger partial charge is 0.465 e. The molecule has 46 nitrogen and oxygen atoms in total. The molecule has 0 fully saturated rings. The third kappa shape index (κ3) is 13.7. The van der Waals surface area contributed by atoms with Crippen LogP contribution < -0.4 is 22.9 Å². The van der Waals surface area contributed by atoms with E-state index < -0.39 is 36.7 Å². The first kappa shape index (κ1) is 70.5. The van der Waals surface area contributed by atoms with E-state index in [9.17, 15) is 29.4 Å². The average Bonchev–Trinajstić information content (AvgIpc) is 1.63. The Morgan fingerprint density at radius 1 is 0.361 bits per heavy atom. The predicted molar refractivity (Wildman–Crippen MR) is 372 cm³/mol. The molecule has 14 heterocycles. The Hall–Kier alpha value is -15.9. The van der Waals surface area contributed by atoms with Gasteiger partial charge in [0.1, 0.15) is 37.0 Å². The van der Waals surface area contributed by atoms with Gasteiger partial charge >= 0.3 is 11.9 Å².